The van der Waals surface area contributed by atoms with E-state index < -0.39 is 5.67 Å². The number of alkyl halides is 1. The minimum atomic E-state index is -1.65. The summed E-state index contributed by atoms with van der Waals surface area (Å²) in [4.78, 5) is 18.4. The smallest absolute Gasteiger partial charge is 0.260 e. The molecule has 130 valence electrons. The van der Waals surface area contributed by atoms with E-state index >= 15 is 0 Å². The molecule has 2 aliphatic carbocycles. The molecule has 1 aliphatic heterocycles. The third kappa shape index (κ3) is 2.82. The van der Waals surface area contributed by atoms with Gasteiger partial charge < -0.3 is 14.4 Å². The molecule has 0 spiro atoms. The SMILES string of the molecule is O=C(N1CCOC2CCC1C2OCc1ccncc1)C1(F)CCC1. The molecule has 0 radical (unpaired) electrons. The lowest BCUT2D eigenvalue weighted by Crippen LogP contribution is -2.56. The highest BCUT2D eigenvalue weighted by Crippen LogP contribution is 2.40. The van der Waals surface area contributed by atoms with Crippen molar-refractivity contribution in [2.45, 2.75) is 62.6 Å². The Bertz CT molecular complexity index is 593. The summed E-state index contributed by atoms with van der Waals surface area (Å²) in [6.45, 7) is 1.37. The van der Waals surface area contributed by atoms with Crippen molar-refractivity contribution < 1.29 is 18.7 Å². The first-order valence-corrected chi connectivity index (χ1v) is 8.79. The van der Waals surface area contributed by atoms with Crippen LogP contribution in [0.15, 0.2) is 24.5 Å². The number of hydrogen-bond donors (Lipinski definition) is 0. The van der Waals surface area contributed by atoms with Crippen molar-refractivity contribution in [2.75, 3.05) is 13.2 Å². The predicted octanol–water partition coefficient (Wildman–Crippen LogP) is 2.25. The Morgan fingerprint density at radius 3 is 2.88 bits per heavy atom. The van der Waals surface area contributed by atoms with Crippen LogP contribution in [0.2, 0.25) is 0 Å². The van der Waals surface area contributed by atoms with Crippen LogP contribution >= 0.6 is 0 Å². The summed E-state index contributed by atoms with van der Waals surface area (Å²) in [7, 11) is 0. The number of hydrogen-bond acceptors (Lipinski definition) is 4. The van der Waals surface area contributed by atoms with E-state index in [2.05, 4.69) is 4.98 Å². The number of halogens is 1. The molecule has 1 aromatic heterocycles. The highest BCUT2D eigenvalue weighted by molar-refractivity contribution is 5.86. The molecule has 3 unspecified atom stereocenters. The van der Waals surface area contributed by atoms with Gasteiger partial charge in [-0.3, -0.25) is 9.78 Å². The van der Waals surface area contributed by atoms with Gasteiger partial charge in [0.2, 0.25) is 0 Å². The molecule has 24 heavy (non-hydrogen) atoms. The van der Waals surface area contributed by atoms with Crippen molar-refractivity contribution in [2.24, 2.45) is 0 Å². The molecule has 0 aromatic carbocycles. The number of pyridine rings is 1. The quantitative estimate of drug-likeness (QED) is 0.847. The van der Waals surface area contributed by atoms with Crippen LogP contribution in [0, 0.1) is 0 Å². The van der Waals surface area contributed by atoms with Gasteiger partial charge in [-0.05, 0) is 49.8 Å². The first-order chi connectivity index (χ1) is 11.7. The highest BCUT2D eigenvalue weighted by Gasteiger charge is 2.52. The summed E-state index contributed by atoms with van der Waals surface area (Å²) in [5, 5.41) is 0. The van der Waals surface area contributed by atoms with Gasteiger partial charge in [-0.25, -0.2) is 4.39 Å². The second-order valence-corrected chi connectivity index (χ2v) is 7.00. The fourth-order valence-corrected chi connectivity index (χ4v) is 3.99. The van der Waals surface area contributed by atoms with Gasteiger partial charge in [-0.15, -0.1) is 0 Å². The molecule has 1 saturated heterocycles. The number of carbonyl (C=O) groups is 1. The molecule has 3 fully saturated rings. The second kappa shape index (κ2) is 6.41. The molecule has 3 aliphatic rings. The molecule has 2 saturated carbocycles. The van der Waals surface area contributed by atoms with Crippen LogP contribution in [-0.4, -0.2) is 52.9 Å². The normalized spacial score (nSPS) is 31.4. The van der Waals surface area contributed by atoms with E-state index in [1.807, 2.05) is 12.1 Å². The zero-order chi connectivity index (χ0) is 16.6. The number of nitrogens with zero attached hydrogens (tertiary/aromatic N) is 2. The average molecular weight is 334 g/mol. The maximum atomic E-state index is 14.6. The number of rotatable bonds is 4. The number of amides is 1. The number of ether oxygens (including phenoxy) is 2. The van der Waals surface area contributed by atoms with Crippen LogP contribution in [0.4, 0.5) is 4.39 Å². The molecule has 3 atom stereocenters. The van der Waals surface area contributed by atoms with E-state index in [1.54, 1.807) is 17.3 Å². The van der Waals surface area contributed by atoms with Crippen molar-refractivity contribution in [3.8, 4) is 0 Å². The van der Waals surface area contributed by atoms with Crippen LogP contribution < -0.4 is 0 Å². The van der Waals surface area contributed by atoms with Gasteiger partial charge >= 0.3 is 0 Å². The molecule has 1 amide bonds. The van der Waals surface area contributed by atoms with Gasteiger partial charge in [0.25, 0.3) is 5.91 Å². The third-order valence-corrected chi connectivity index (χ3v) is 5.54. The van der Waals surface area contributed by atoms with Crippen LogP contribution in [0.1, 0.15) is 37.7 Å². The maximum absolute atomic E-state index is 14.6. The summed E-state index contributed by atoms with van der Waals surface area (Å²) >= 11 is 0. The standard InChI is InChI=1S/C18H23FN2O3/c19-18(6-1-7-18)17(22)21-10-11-23-15-3-2-14(21)16(15)24-12-13-4-8-20-9-5-13/h4-5,8-9,14-16H,1-3,6-7,10-12H2. The molecular weight excluding hydrogens is 311 g/mol. The Hall–Kier alpha value is -1.53. The first-order valence-electron chi connectivity index (χ1n) is 8.79. The summed E-state index contributed by atoms with van der Waals surface area (Å²) < 4.78 is 26.6. The third-order valence-electron chi connectivity index (χ3n) is 5.54. The number of aromatic nitrogens is 1. The minimum Gasteiger partial charge on any atom is -0.374 e. The van der Waals surface area contributed by atoms with E-state index in [0.29, 0.717) is 32.6 Å². The van der Waals surface area contributed by atoms with E-state index in [0.717, 1.165) is 24.8 Å². The Morgan fingerprint density at radius 1 is 1.38 bits per heavy atom. The first kappa shape index (κ1) is 16.0. The van der Waals surface area contributed by atoms with Crippen molar-refractivity contribution in [1.29, 1.82) is 0 Å². The van der Waals surface area contributed by atoms with Crippen molar-refractivity contribution >= 4 is 5.91 Å². The fraction of sp³-hybridized carbons (Fsp3) is 0.667. The lowest BCUT2D eigenvalue weighted by Gasteiger charge is -2.40. The number of fused-ring (bicyclic) bond motifs is 2. The molecule has 6 heteroatoms. The van der Waals surface area contributed by atoms with Crippen LogP contribution in [0.5, 0.6) is 0 Å². The van der Waals surface area contributed by atoms with Crippen LogP contribution in [0.25, 0.3) is 0 Å². The van der Waals surface area contributed by atoms with Gasteiger partial charge in [0.05, 0.1) is 25.4 Å². The minimum absolute atomic E-state index is 0.00779. The van der Waals surface area contributed by atoms with Gasteiger partial charge in [0.1, 0.15) is 6.10 Å². The molecule has 2 heterocycles. The van der Waals surface area contributed by atoms with Crippen molar-refractivity contribution in [3.05, 3.63) is 30.1 Å². The molecule has 0 N–H and O–H groups in total. The Labute approximate surface area is 141 Å². The lowest BCUT2D eigenvalue weighted by atomic mass is 9.80. The van der Waals surface area contributed by atoms with Crippen LogP contribution in [0.3, 0.4) is 0 Å². The molecule has 4 rings (SSSR count). The largest absolute Gasteiger partial charge is 0.374 e. The maximum Gasteiger partial charge on any atom is 0.260 e. The topological polar surface area (TPSA) is 51.7 Å². The fourth-order valence-electron chi connectivity index (χ4n) is 3.99. The van der Waals surface area contributed by atoms with Gasteiger partial charge in [-0.1, -0.05) is 0 Å². The van der Waals surface area contributed by atoms with E-state index in [4.69, 9.17) is 9.47 Å². The van der Waals surface area contributed by atoms with E-state index in [-0.39, 0.29) is 24.2 Å². The van der Waals surface area contributed by atoms with Gasteiger partial charge in [0.15, 0.2) is 5.67 Å². The summed E-state index contributed by atoms with van der Waals surface area (Å²) in [6, 6.07) is 3.74. The molecule has 1 aromatic rings. The zero-order valence-corrected chi connectivity index (χ0v) is 13.7. The summed E-state index contributed by atoms with van der Waals surface area (Å²) in [5.74, 6) is -0.359. The molecule has 2 bridgehead atoms. The second-order valence-electron chi connectivity index (χ2n) is 7.00. The highest BCUT2D eigenvalue weighted by atomic mass is 19.1. The van der Waals surface area contributed by atoms with Crippen molar-refractivity contribution in [3.63, 3.8) is 0 Å². The average Bonchev–Trinajstić information content (AvgIpc) is 2.86. The Morgan fingerprint density at radius 2 is 2.17 bits per heavy atom. The lowest BCUT2D eigenvalue weighted by molar-refractivity contribution is -0.154. The summed E-state index contributed by atoms with van der Waals surface area (Å²) in [6.07, 6.45) is 6.43. The van der Waals surface area contributed by atoms with Gasteiger partial charge in [0, 0.05) is 18.9 Å². The zero-order valence-electron chi connectivity index (χ0n) is 13.7. The Kier molecular flexibility index (Phi) is 4.26. The predicted molar refractivity (Wildman–Crippen MR) is 85.0 cm³/mol. The molecule has 5 nitrogen and oxygen atoms in total. The number of carbonyl (C=O) groups excluding carboxylic acids is 1. The monoisotopic (exact) mass is 334 g/mol. The molecular formula is C18H23FN2O3. The van der Waals surface area contributed by atoms with E-state index in [9.17, 15) is 9.18 Å². The summed E-state index contributed by atoms with van der Waals surface area (Å²) in [5.41, 5.74) is -0.620. The van der Waals surface area contributed by atoms with Gasteiger partial charge in [-0.2, -0.15) is 0 Å². The van der Waals surface area contributed by atoms with E-state index in [1.165, 1.54) is 0 Å². The van der Waals surface area contributed by atoms with Crippen LogP contribution in [-0.2, 0) is 20.9 Å². The Balaban J connectivity index is 1.48. The van der Waals surface area contributed by atoms with Crippen molar-refractivity contribution in [1.82, 2.24) is 9.88 Å².